The number of methoxy groups -OCH3 is 6. The van der Waals surface area contributed by atoms with E-state index < -0.39 is 0 Å². The Morgan fingerprint density at radius 1 is 0.627 bits per heavy atom. The molecule has 67 heavy (non-hydrogen) atoms. The normalized spacial score (nSPS) is 18.1. The number of allylic oxidation sites excluding steroid dienone is 4. The molecular weight excluding hydrogens is 849 g/mol. The lowest BCUT2D eigenvalue weighted by molar-refractivity contribution is -0.117. The fraction of sp³-hybridized carbons (Fsp3) is 0.309. The first-order chi connectivity index (χ1) is 32.5. The Kier molecular flexibility index (Phi) is 14.0. The molecule has 0 aromatic heterocycles. The lowest BCUT2D eigenvalue weighted by Crippen LogP contribution is -2.34. The molecular formula is C55H58N2O10. The van der Waals surface area contributed by atoms with Crippen molar-refractivity contribution < 1.29 is 47.5 Å². The Bertz CT molecular complexity index is 2720. The number of carbonyl (C=O) groups excluding carboxylic acids is 2. The summed E-state index contributed by atoms with van der Waals surface area (Å²) in [6, 6.07) is 28.5. The molecule has 0 saturated carbocycles. The molecule has 5 aliphatic rings. The molecule has 0 N–H and O–H groups in total. The maximum atomic E-state index is 12.2. The van der Waals surface area contributed by atoms with E-state index in [1.54, 1.807) is 53.8 Å². The van der Waals surface area contributed by atoms with Gasteiger partial charge in [0.25, 0.3) is 0 Å². The fourth-order valence-electron chi connectivity index (χ4n) is 9.49. The van der Waals surface area contributed by atoms with Crippen LogP contribution in [-0.4, -0.2) is 91.2 Å². The first-order valence-corrected chi connectivity index (χ1v) is 22.3. The molecule has 3 unspecified atom stereocenters. The van der Waals surface area contributed by atoms with Crippen LogP contribution in [-0.2, 0) is 40.0 Å². The number of likely N-dealkylation sites (N-methyl/N-ethyl adjacent to an activating group) is 2. The number of ether oxygens (including phenoxy) is 8. The van der Waals surface area contributed by atoms with Crippen molar-refractivity contribution in [1.82, 2.24) is 9.80 Å². The van der Waals surface area contributed by atoms with Gasteiger partial charge in [0.05, 0.1) is 42.7 Å². The molecule has 12 heteroatoms. The SMILES string of the molecule is C=CC(C1=CC(=O)C(OC)=CC1=O)c1ccc(OC)cc1.COc1ccc2cc1Oc1ccc(cc1)CC1c3cc(c(OC)cc3CCN1C)Oc1c(OC)c(OC)cc3c1C(C2)N(C)CC3. The van der Waals surface area contributed by atoms with Crippen LogP contribution in [0.25, 0.3) is 0 Å². The van der Waals surface area contributed by atoms with Gasteiger partial charge in [-0.1, -0.05) is 36.4 Å². The number of ketones is 2. The maximum Gasteiger partial charge on any atom is 0.220 e. The highest BCUT2D eigenvalue weighted by Gasteiger charge is 2.35. The largest absolute Gasteiger partial charge is 0.497 e. The summed E-state index contributed by atoms with van der Waals surface area (Å²) >= 11 is 0. The number of fused-ring (bicyclic) bond motifs is 2. The van der Waals surface area contributed by atoms with Crippen LogP contribution in [0.3, 0.4) is 0 Å². The van der Waals surface area contributed by atoms with Gasteiger partial charge in [0.2, 0.25) is 11.5 Å². The average molecular weight is 907 g/mol. The van der Waals surface area contributed by atoms with Crippen molar-refractivity contribution in [1.29, 1.82) is 0 Å². The topological polar surface area (TPSA) is 114 Å². The second-order valence-electron chi connectivity index (χ2n) is 17.0. The van der Waals surface area contributed by atoms with Gasteiger partial charge >= 0.3 is 0 Å². The lowest BCUT2D eigenvalue weighted by atomic mass is 9.85. The van der Waals surface area contributed by atoms with E-state index in [0.29, 0.717) is 45.8 Å². The molecule has 348 valence electrons. The quantitative estimate of drug-likeness (QED) is 0.104. The summed E-state index contributed by atoms with van der Waals surface area (Å²) in [6.07, 6.45) is 7.55. The van der Waals surface area contributed by atoms with E-state index in [1.807, 2.05) is 30.3 Å². The highest BCUT2D eigenvalue weighted by Crippen LogP contribution is 2.52. The van der Waals surface area contributed by atoms with Crippen molar-refractivity contribution in [3.63, 3.8) is 0 Å². The van der Waals surface area contributed by atoms with Crippen molar-refractivity contribution in [2.24, 2.45) is 0 Å². The van der Waals surface area contributed by atoms with E-state index in [9.17, 15) is 9.59 Å². The molecule has 3 atom stereocenters. The summed E-state index contributed by atoms with van der Waals surface area (Å²) in [6.45, 7) is 5.63. The van der Waals surface area contributed by atoms with Crippen LogP contribution >= 0.6 is 0 Å². The molecule has 4 aliphatic heterocycles. The molecule has 5 aromatic rings. The predicted molar refractivity (Wildman–Crippen MR) is 257 cm³/mol. The number of carbonyl (C=O) groups is 2. The minimum Gasteiger partial charge on any atom is -0.497 e. The zero-order chi connectivity index (χ0) is 47.4. The van der Waals surface area contributed by atoms with Gasteiger partial charge in [-0.05, 0) is 134 Å². The molecule has 12 nitrogen and oxygen atoms in total. The molecule has 0 amide bonds. The summed E-state index contributed by atoms with van der Waals surface area (Å²) in [5.41, 5.74) is 8.41. The summed E-state index contributed by atoms with van der Waals surface area (Å²) in [5, 5.41) is 0. The monoisotopic (exact) mass is 906 g/mol. The van der Waals surface area contributed by atoms with Gasteiger partial charge in [-0.3, -0.25) is 19.4 Å². The van der Waals surface area contributed by atoms with Gasteiger partial charge < -0.3 is 37.9 Å². The van der Waals surface area contributed by atoms with Crippen molar-refractivity contribution in [2.75, 3.05) is 69.8 Å². The lowest BCUT2D eigenvalue weighted by Gasteiger charge is -2.37. The highest BCUT2D eigenvalue weighted by atomic mass is 16.5. The molecule has 10 rings (SSSR count). The number of hydrogen-bond donors (Lipinski definition) is 0. The smallest absolute Gasteiger partial charge is 0.220 e. The van der Waals surface area contributed by atoms with Gasteiger partial charge in [0.1, 0.15) is 11.5 Å². The third-order valence-electron chi connectivity index (χ3n) is 13.2. The Balaban J connectivity index is 0.000000243. The minimum atomic E-state index is -0.345. The van der Waals surface area contributed by atoms with Crippen LogP contribution in [0.4, 0.5) is 0 Å². The van der Waals surface area contributed by atoms with Crippen LogP contribution in [0.15, 0.2) is 121 Å². The standard InChI is InChI=1S/C38H42N2O6.C17H16O4/c1-39-15-13-25-20-32(42-4)34-22-28(25)29(39)17-23-7-10-27(11-8-23)45-33-19-24(9-12-31(33)41-3)18-30-36-26(14-16-40(30)2)21-35(43-5)37(44-6)38(36)46-34;1-4-13(11-5-7-12(20-2)8-6-11)14-9-16(19)17(21-3)10-15(14)18/h7-12,19-22,29-30H,13-18H2,1-6H3;4-10,13H,1H2,2-3H3. The van der Waals surface area contributed by atoms with Crippen molar-refractivity contribution in [3.05, 3.63) is 160 Å². The highest BCUT2D eigenvalue weighted by molar-refractivity contribution is 6.19. The van der Waals surface area contributed by atoms with Crippen LogP contribution < -0.4 is 33.2 Å². The fourth-order valence-corrected chi connectivity index (χ4v) is 9.49. The van der Waals surface area contributed by atoms with Gasteiger partial charge in [-0.15, -0.1) is 6.58 Å². The Morgan fingerprint density at radius 3 is 1.93 bits per heavy atom. The molecule has 6 bridgehead atoms. The minimum absolute atomic E-state index is 0.000437. The van der Waals surface area contributed by atoms with Crippen molar-refractivity contribution >= 4 is 11.6 Å². The molecule has 0 radical (unpaired) electrons. The number of hydrogen-bond acceptors (Lipinski definition) is 12. The summed E-state index contributed by atoms with van der Waals surface area (Å²) in [5.74, 6) is 5.29. The second-order valence-corrected chi connectivity index (χ2v) is 17.0. The summed E-state index contributed by atoms with van der Waals surface area (Å²) in [7, 11) is 14.0. The van der Waals surface area contributed by atoms with Gasteiger partial charge in [0.15, 0.2) is 46.0 Å². The number of benzene rings is 5. The van der Waals surface area contributed by atoms with E-state index in [0.717, 1.165) is 67.0 Å². The maximum absolute atomic E-state index is 12.2. The molecule has 0 fully saturated rings. The first-order valence-electron chi connectivity index (χ1n) is 22.3. The first kappa shape index (κ1) is 46.5. The Morgan fingerprint density at radius 2 is 1.27 bits per heavy atom. The van der Waals surface area contributed by atoms with Crippen LogP contribution in [0, 0.1) is 0 Å². The number of rotatable bonds is 9. The number of nitrogens with zero attached hydrogens (tertiary/aromatic N) is 2. The van der Waals surface area contributed by atoms with Crippen LogP contribution in [0.1, 0.15) is 56.9 Å². The Labute approximate surface area is 392 Å². The predicted octanol–water partition coefficient (Wildman–Crippen LogP) is 9.74. The molecule has 1 aliphatic carbocycles. The van der Waals surface area contributed by atoms with E-state index in [2.05, 4.69) is 72.9 Å². The van der Waals surface area contributed by atoms with Gasteiger partial charge in [-0.2, -0.15) is 0 Å². The van der Waals surface area contributed by atoms with Crippen molar-refractivity contribution in [3.8, 4) is 51.7 Å². The van der Waals surface area contributed by atoms with Crippen LogP contribution in [0.5, 0.6) is 51.7 Å². The molecule has 4 heterocycles. The van der Waals surface area contributed by atoms with Gasteiger partial charge in [0, 0.05) is 48.3 Å². The van der Waals surface area contributed by atoms with E-state index in [-0.39, 0.29) is 35.3 Å². The zero-order valence-corrected chi connectivity index (χ0v) is 39.5. The van der Waals surface area contributed by atoms with E-state index in [4.69, 9.17) is 37.9 Å². The molecule has 5 aromatic carbocycles. The van der Waals surface area contributed by atoms with E-state index >= 15 is 0 Å². The Hall–Kier alpha value is -7.02. The van der Waals surface area contributed by atoms with Crippen molar-refractivity contribution in [2.45, 2.75) is 43.7 Å². The third kappa shape index (κ3) is 9.50. The molecule has 0 spiro atoms. The molecule has 0 saturated heterocycles. The van der Waals surface area contributed by atoms with E-state index in [1.165, 1.54) is 41.5 Å². The van der Waals surface area contributed by atoms with Gasteiger partial charge in [-0.25, -0.2) is 0 Å². The van der Waals surface area contributed by atoms with Crippen LogP contribution in [0.2, 0.25) is 0 Å². The third-order valence-corrected chi connectivity index (χ3v) is 13.2. The zero-order valence-electron chi connectivity index (χ0n) is 39.5. The summed E-state index contributed by atoms with van der Waals surface area (Å²) in [4.78, 5) is 28.8. The average Bonchev–Trinajstić information content (AvgIpc) is 3.34. The summed E-state index contributed by atoms with van der Waals surface area (Å²) < 4.78 is 47.1. The second kappa shape index (κ2) is 20.2.